The van der Waals surface area contributed by atoms with E-state index in [4.69, 9.17) is 4.74 Å². The fourth-order valence-corrected chi connectivity index (χ4v) is 1.45. The molecule has 0 aliphatic carbocycles. The molecule has 3 nitrogen and oxygen atoms in total. The van der Waals surface area contributed by atoms with E-state index in [9.17, 15) is 10.2 Å². The van der Waals surface area contributed by atoms with E-state index in [0.29, 0.717) is 13.0 Å². The third kappa shape index (κ3) is 6.13. The molecule has 3 heteroatoms. The van der Waals surface area contributed by atoms with Crippen LogP contribution in [0.1, 0.15) is 40.0 Å². The second kappa shape index (κ2) is 6.46. The Kier molecular flexibility index (Phi) is 6.41. The van der Waals surface area contributed by atoms with Crippen molar-refractivity contribution in [3.8, 4) is 0 Å². The van der Waals surface area contributed by atoms with E-state index < -0.39 is 0 Å². The van der Waals surface area contributed by atoms with E-state index in [1.807, 2.05) is 0 Å². The third-order valence-corrected chi connectivity index (χ3v) is 2.91. The van der Waals surface area contributed by atoms with Gasteiger partial charge in [-0.3, -0.25) is 0 Å². The molecule has 0 unspecified atom stereocenters. The summed E-state index contributed by atoms with van der Waals surface area (Å²) in [5.74, 6) is 0. The molecule has 0 atom stereocenters. The Morgan fingerprint density at radius 2 is 1.47 bits per heavy atom. The Morgan fingerprint density at radius 3 is 1.80 bits per heavy atom. The molecule has 0 aliphatic rings. The van der Waals surface area contributed by atoms with Crippen LogP contribution in [0.3, 0.4) is 0 Å². The van der Waals surface area contributed by atoms with Crippen molar-refractivity contribution in [1.29, 1.82) is 0 Å². The Hall–Kier alpha value is -0.120. The molecule has 0 aromatic heterocycles. The molecule has 0 heterocycles. The van der Waals surface area contributed by atoms with Gasteiger partial charge in [-0.25, -0.2) is 0 Å². The fourth-order valence-electron chi connectivity index (χ4n) is 1.45. The van der Waals surface area contributed by atoms with Crippen LogP contribution >= 0.6 is 0 Å². The predicted molar refractivity (Wildman–Crippen MR) is 61.8 cm³/mol. The lowest BCUT2D eigenvalue weighted by Crippen LogP contribution is -2.32. The zero-order valence-electron chi connectivity index (χ0n) is 10.5. The molecule has 0 spiro atoms. The van der Waals surface area contributed by atoms with Crippen molar-refractivity contribution in [3.63, 3.8) is 0 Å². The Bertz CT molecular complexity index is 157. The maximum Gasteiger partial charge on any atom is 0.0510 e. The van der Waals surface area contributed by atoms with Crippen LogP contribution in [0.25, 0.3) is 0 Å². The number of hydrogen-bond donors (Lipinski definition) is 2. The average Bonchev–Trinajstić information content (AvgIpc) is 2.18. The molecule has 92 valence electrons. The highest BCUT2D eigenvalue weighted by Gasteiger charge is 2.29. The minimum absolute atomic E-state index is 0.0307. The minimum Gasteiger partial charge on any atom is -0.396 e. The molecule has 0 fully saturated rings. The lowest BCUT2D eigenvalue weighted by Gasteiger charge is -2.32. The van der Waals surface area contributed by atoms with Crippen molar-refractivity contribution >= 4 is 0 Å². The largest absolute Gasteiger partial charge is 0.396 e. The summed E-state index contributed by atoms with van der Waals surface area (Å²) >= 11 is 0. The van der Waals surface area contributed by atoms with Gasteiger partial charge in [-0.15, -0.1) is 0 Å². The zero-order valence-corrected chi connectivity index (χ0v) is 10.5. The van der Waals surface area contributed by atoms with Crippen LogP contribution in [0.15, 0.2) is 0 Å². The maximum atomic E-state index is 9.38. The number of aliphatic hydroxyl groups excluding tert-OH is 2. The van der Waals surface area contributed by atoms with Crippen molar-refractivity contribution in [2.75, 3.05) is 26.9 Å². The molecule has 0 aromatic carbocycles. The van der Waals surface area contributed by atoms with Gasteiger partial charge in [-0.2, -0.15) is 0 Å². The zero-order chi connectivity index (χ0) is 11.9. The van der Waals surface area contributed by atoms with Gasteiger partial charge in [-0.05, 0) is 24.7 Å². The van der Waals surface area contributed by atoms with Crippen LogP contribution in [0.5, 0.6) is 0 Å². The first-order valence-corrected chi connectivity index (χ1v) is 5.60. The molecular weight excluding hydrogens is 192 g/mol. The quantitative estimate of drug-likeness (QED) is 0.685. The second-order valence-electron chi connectivity index (χ2n) is 5.62. The fraction of sp³-hybridized carbons (Fsp3) is 1.00. The Morgan fingerprint density at radius 1 is 0.933 bits per heavy atom. The van der Waals surface area contributed by atoms with E-state index in [0.717, 1.165) is 12.8 Å². The highest BCUT2D eigenvalue weighted by Crippen LogP contribution is 2.33. The van der Waals surface area contributed by atoms with E-state index in [1.165, 1.54) is 0 Å². The van der Waals surface area contributed by atoms with Crippen molar-refractivity contribution in [1.82, 2.24) is 0 Å². The molecule has 0 saturated carbocycles. The lowest BCUT2D eigenvalue weighted by atomic mass is 9.76. The predicted octanol–water partition coefficient (Wildman–Crippen LogP) is 1.82. The number of ether oxygens (including phenoxy) is 1. The van der Waals surface area contributed by atoms with Crippen LogP contribution in [-0.2, 0) is 4.74 Å². The van der Waals surface area contributed by atoms with Crippen LogP contribution < -0.4 is 0 Å². The molecule has 0 aromatic rings. The highest BCUT2D eigenvalue weighted by molar-refractivity contribution is 4.80. The standard InChI is InChI=1S/C12H26O3/c1-11(2,3)5-6-12(9-13,10-14)7-8-15-4/h13-14H,5-10H2,1-4H3. The number of aliphatic hydroxyl groups is 2. The number of methoxy groups -OCH3 is 1. The molecule has 0 rings (SSSR count). The van der Waals surface area contributed by atoms with Gasteiger partial charge in [0.2, 0.25) is 0 Å². The maximum absolute atomic E-state index is 9.38. The minimum atomic E-state index is -0.372. The van der Waals surface area contributed by atoms with E-state index >= 15 is 0 Å². The van der Waals surface area contributed by atoms with E-state index in [-0.39, 0.29) is 24.0 Å². The van der Waals surface area contributed by atoms with Crippen molar-refractivity contribution in [3.05, 3.63) is 0 Å². The van der Waals surface area contributed by atoms with Gasteiger partial charge in [0.05, 0.1) is 13.2 Å². The normalized spacial score (nSPS) is 13.2. The highest BCUT2D eigenvalue weighted by atomic mass is 16.5. The Balaban J connectivity index is 4.23. The lowest BCUT2D eigenvalue weighted by molar-refractivity contribution is 0.0113. The molecule has 0 saturated heterocycles. The van der Waals surface area contributed by atoms with Gasteiger partial charge >= 0.3 is 0 Å². The second-order valence-corrected chi connectivity index (χ2v) is 5.62. The van der Waals surface area contributed by atoms with E-state index in [2.05, 4.69) is 20.8 Å². The van der Waals surface area contributed by atoms with Crippen LogP contribution in [0, 0.1) is 10.8 Å². The average molecular weight is 218 g/mol. The summed E-state index contributed by atoms with van der Waals surface area (Å²) in [6.07, 6.45) is 2.55. The molecule has 2 N–H and O–H groups in total. The molecular formula is C12H26O3. The summed E-state index contributed by atoms with van der Waals surface area (Å²) in [6, 6.07) is 0. The van der Waals surface area contributed by atoms with Crippen molar-refractivity contribution in [2.24, 2.45) is 10.8 Å². The summed E-state index contributed by atoms with van der Waals surface area (Å²) < 4.78 is 5.01. The molecule has 0 radical (unpaired) electrons. The molecule has 0 amide bonds. The summed E-state index contributed by atoms with van der Waals surface area (Å²) in [5.41, 5.74) is -0.133. The third-order valence-electron chi connectivity index (χ3n) is 2.91. The monoisotopic (exact) mass is 218 g/mol. The van der Waals surface area contributed by atoms with Crippen LogP contribution in [-0.4, -0.2) is 37.1 Å². The van der Waals surface area contributed by atoms with Gasteiger partial charge in [-0.1, -0.05) is 20.8 Å². The van der Waals surface area contributed by atoms with Crippen LogP contribution in [0.4, 0.5) is 0 Å². The Labute approximate surface area is 93.5 Å². The first-order chi connectivity index (χ1) is 6.89. The summed E-state index contributed by atoms with van der Waals surface area (Å²) in [5, 5.41) is 18.8. The topological polar surface area (TPSA) is 49.7 Å². The number of hydrogen-bond acceptors (Lipinski definition) is 3. The first kappa shape index (κ1) is 14.9. The summed E-state index contributed by atoms with van der Waals surface area (Å²) in [6.45, 7) is 7.16. The van der Waals surface area contributed by atoms with Gasteiger partial charge < -0.3 is 14.9 Å². The van der Waals surface area contributed by atoms with E-state index in [1.54, 1.807) is 7.11 Å². The summed E-state index contributed by atoms with van der Waals surface area (Å²) in [7, 11) is 1.64. The van der Waals surface area contributed by atoms with Crippen molar-refractivity contribution < 1.29 is 14.9 Å². The van der Waals surface area contributed by atoms with Gasteiger partial charge in [0, 0.05) is 19.1 Å². The summed E-state index contributed by atoms with van der Waals surface area (Å²) in [4.78, 5) is 0. The SMILES string of the molecule is COCCC(CO)(CO)CCC(C)(C)C. The van der Waals surface area contributed by atoms with Crippen molar-refractivity contribution in [2.45, 2.75) is 40.0 Å². The smallest absolute Gasteiger partial charge is 0.0510 e. The first-order valence-electron chi connectivity index (χ1n) is 5.60. The van der Waals surface area contributed by atoms with Gasteiger partial charge in [0.25, 0.3) is 0 Å². The van der Waals surface area contributed by atoms with Crippen LogP contribution in [0.2, 0.25) is 0 Å². The molecule has 0 aliphatic heterocycles. The molecule has 15 heavy (non-hydrogen) atoms. The molecule has 0 bridgehead atoms. The van der Waals surface area contributed by atoms with Gasteiger partial charge in [0.1, 0.15) is 0 Å². The van der Waals surface area contributed by atoms with Gasteiger partial charge in [0.15, 0.2) is 0 Å². The number of rotatable bonds is 7.